The molecule has 5 rings (SSSR count). The van der Waals surface area contributed by atoms with E-state index in [1.165, 1.54) is 26.0 Å². The number of nitrogens with zero attached hydrogens (tertiary/aromatic N) is 2. The normalized spacial score (nSPS) is 16.3. The number of pyridine rings is 1. The molecule has 0 N–H and O–H groups in total. The number of benzene rings is 3. The van der Waals surface area contributed by atoms with E-state index in [-0.39, 0.29) is 12.6 Å². The first kappa shape index (κ1) is 36.0. The predicted molar refractivity (Wildman–Crippen MR) is 173 cm³/mol. The van der Waals surface area contributed by atoms with Crippen LogP contribution in [0.15, 0.2) is 73.3 Å². The SMILES string of the molecule is C=C(C)c1ccc(-c2cc(-c3ccc(C(=O)OC)cc3C)ccc2OC)c(CN2C(=O)OC(c3cc(C(F)(F)F)cc(C(F)(F)F)c3)[C@@H]2C)n1. The average molecular weight is 699 g/mol. The van der Waals surface area contributed by atoms with Crippen LogP contribution in [0.5, 0.6) is 5.75 Å². The maximum Gasteiger partial charge on any atom is 0.416 e. The van der Waals surface area contributed by atoms with Crippen molar-refractivity contribution >= 4 is 17.6 Å². The summed E-state index contributed by atoms with van der Waals surface area (Å²) in [7, 11) is 2.78. The summed E-state index contributed by atoms with van der Waals surface area (Å²) in [6.45, 7) is 8.81. The number of esters is 1. The molecule has 0 bridgehead atoms. The fraction of sp³-hybridized carbons (Fsp3) is 0.270. The van der Waals surface area contributed by atoms with E-state index in [2.05, 4.69) is 6.58 Å². The molecule has 1 unspecified atom stereocenters. The van der Waals surface area contributed by atoms with Crippen molar-refractivity contribution in [1.29, 1.82) is 0 Å². The van der Waals surface area contributed by atoms with E-state index in [1.807, 2.05) is 19.1 Å². The van der Waals surface area contributed by atoms with Crippen molar-refractivity contribution < 1.29 is 50.1 Å². The van der Waals surface area contributed by atoms with Gasteiger partial charge in [0, 0.05) is 11.1 Å². The van der Waals surface area contributed by atoms with Crippen molar-refractivity contribution in [2.45, 2.75) is 51.8 Å². The lowest BCUT2D eigenvalue weighted by Crippen LogP contribution is -2.32. The van der Waals surface area contributed by atoms with Crippen LogP contribution in [0.2, 0.25) is 0 Å². The summed E-state index contributed by atoms with van der Waals surface area (Å²) < 4.78 is 97.7. The second-order valence-electron chi connectivity index (χ2n) is 11.9. The van der Waals surface area contributed by atoms with Crippen LogP contribution in [0.25, 0.3) is 27.8 Å². The van der Waals surface area contributed by atoms with Gasteiger partial charge in [-0.2, -0.15) is 26.3 Å². The van der Waals surface area contributed by atoms with Crippen LogP contribution in [0.3, 0.4) is 0 Å². The molecule has 1 aliphatic rings. The van der Waals surface area contributed by atoms with E-state index in [0.29, 0.717) is 51.5 Å². The summed E-state index contributed by atoms with van der Waals surface area (Å²) in [4.78, 5) is 31.3. The molecule has 13 heteroatoms. The van der Waals surface area contributed by atoms with Crippen LogP contribution in [0, 0.1) is 6.92 Å². The van der Waals surface area contributed by atoms with Crippen molar-refractivity contribution in [1.82, 2.24) is 9.88 Å². The Morgan fingerprint density at radius 1 is 0.900 bits per heavy atom. The largest absolute Gasteiger partial charge is 0.496 e. The first-order chi connectivity index (χ1) is 23.4. The summed E-state index contributed by atoms with van der Waals surface area (Å²) in [6.07, 6.45) is -12.5. The van der Waals surface area contributed by atoms with E-state index in [1.54, 1.807) is 43.3 Å². The number of hydrogen-bond acceptors (Lipinski definition) is 6. The molecule has 1 saturated heterocycles. The van der Waals surface area contributed by atoms with Crippen molar-refractivity contribution in [2.24, 2.45) is 0 Å². The van der Waals surface area contributed by atoms with Crippen LogP contribution in [-0.4, -0.2) is 42.2 Å². The number of methoxy groups -OCH3 is 2. The number of carbonyl (C=O) groups excluding carboxylic acids is 2. The summed E-state index contributed by atoms with van der Waals surface area (Å²) in [5.41, 5.74) is 1.88. The molecule has 1 aromatic heterocycles. The molecule has 0 saturated carbocycles. The molecular weight excluding hydrogens is 666 g/mol. The molecule has 50 heavy (non-hydrogen) atoms. The van der Waals surface area contributed by atoms with Gasteiger partial charge in [0.1, 0.15) is 11.9 Å². The first-order valence-electron chi connectivity index (χ1n) is 15.2. The third kappa shape index (κ3) is 7.17. The smallest absolute Gasteiger partial charge is 0.416 e. The second kappa shape index (κ2) is 13.5. The van der Waals surface area contributed by atoms with Crippen molar-refractivity contribution in [2.75, 3.05) is 14.2 Å². The number of amides is 1. The maximum absolute atomic E-state index is 13.6. The topological polar surface area (TPSA) is 78.0 Å². The molecule has 7 nitrogen and oxygen atoms in total. The van der Waals surface area contributed by atoms with Gasteiger partial charge in [0.15, 0.2) is 0 Å². The van der Waals surface area contributed by atoms with Gasteiger partial charge in [-0.1, -0.05) is 24.8 Å². The van der Waals surface area contributed by atoms with E-state index in [9.17, 15) is 35.9 Å². The highest BCUT2D eigenvalue weighted by Crippen LogP contribution is 2.42. The Balaban J connectivity index is 1.57. The highest BCUT2D eigenvalue weighted by Gasteiger charge is 2.43. The van der Waals surface area contributed by atoms with Crippen LogP contribution in [-0.2, 0) is 28.4 Å². The van der Waals surface area contributed by atoms with Crippen molar-refractivity contribution in [3.63, 3.8) is 0 Å². The lowest BCUT2D eigenvalue weighted by atomic mass is 9.93. The van der Waals surface area contributed by atoms with Gasteiger partial charge in [-0.05, 0) is 97.1 Å². The molecular formula is C37H32F6N2O5. The first-order valence-corrected chi connectivity index (χ1v) is 15.2. The summed E-state index contributed by atoms with van der Waals surface area (Å²) >= 11 is 0. The molecule has 1 fully saturated rings. The molecule has 1 aliphatic heterocycles. The van der Waals surface area contributed by atoms with Gasteiger partial charge in [0.25, 0.3) is 0 Å². The zero-order valence-electron chi connectivity index (χ0n) is 27.6. The number of ether oxygens (including phenoxy) is 3. The minimum atomic E-state index is -5.07. The number of carbonyl (C=O) groups is 2. The molecule has 3 aromatic carbocycles. The van der Waals surface area contributed by atoms with Gasteiger partial charge < -0.3 is 14.2 Å². The Labute approximate surface area is 284 Å². The average Bonchev–Trinajstić information content (AvgIpc) is 3.35. The number of hydrogen-bond donors (Lipinski definition) is 0. The number of alkyl halides is 6. The maximum atomic E-state index is 13.6. The zero-order chi connectivity index (χ0) is 36.7. The Morgan fingerprint density at radius 2 is 1.54 bits per heavy atom. The van der Waals surface area contributed by atoms with Crippen LogP contribution in [0.1, 0.15) is 64.0 Å². The number of rotatable bonds is 8. The Bertz CT molecular complexity index is 1960. The highest BCUT2D eigenvalue weighted by atomic mass is 19.4. The quantitative estimate of drug-likeness (QED) is 0.135. The standard InChI is InChI=1S/C37H32F6N2O5/c1-19(2)30-11-10-28(29-16-22(8-12-32(29)48-5)27-9-7-23(13-20(27)3)34(46)49-6)31(44-30)18-45-21(4)33(50-35(45)47)24-14-25(36(38,39)40)17-26(15-24)37(41,42)43/h7-17,21,33H,1,18H2,2-6H3/t21-,33?/m0/s1. The molecule has 0 spiro atoms. The van der Waals surface area contributed by atoms with Crippen molar-refractivity contribution in [3.8, 4) is 28.0 Å². The number of aromatic nitrogens is 1. The molecule has 262 valence electrons. The summed E-state index contributed by atoms with van der Waals surface area (Å²) in [5.74, 6) is -0.0172. The van der Waals surface area contributed by atoms with E-state index < -0.39 is 53.3 Å². The molecule has 0 radical (unpaired) electrons. The lowest BCUT2D eigenvalue weighted by molar-refractivity contribution is -0.143. The highest BCUT2D eigenvalue weighted by molar-refractivity contribution is 5.91. The Morgan fingerprint density at radius 3 is 2.10 bits per heavy atom. The monoisotopic (exact) mass is 698 g/mol. The molecule has 4 aromatic rings. The third-order valence-electron chi connectivity index (χ3n) is 8.51. The molecule has 2 atom stereocenters. The van der Waals surface area contributed by atoms with Crippen LogP contribution < -0.4 is 4.74 Å². The minimum absolute atomic E-state index is 0.0263. The van der Waals surface area contributed by atoms with E-state index in [0.717, 1.165) is 16.7 Å². The van der Waals surface area contributed by atoms with Gasteiger partial charge in [-0.3, -0.25) is 9.88 Å². The molecule has 2 heterocycles. The summed E-state index contributed by atoms with van der Waals surface area (Å²) in [6, 6.07) is 14.3. The summed E-state index contributed by atoms with van der Waals surface area (Å²) in [5, 5.41) is 0. The predicted octanol–water partition coefficient (Wildman–Crippen LogP) is 9.67. The third-order valence-corrected chi connectivity index (χ3v) is 8.51. The molecule has 1 amide bonds. The van der Waals surface area contributed by atoms with Gasteiger partial charge in [-0.15, -0.1) is 0 Å². The van der Waals surface area contributed by atoms with E-state index in [4.69, 9.17) is 19.2 Å². The second-order valence-corrected chi connectivity index (χ2v) is 11.9. The van der Waals surface area contributed by atoms with Gasteiger partial charge in [0.2, 0.25) is 0 Å². The van der Waals surface area contributed by atoms with Crippen LogP contribution >= 0.6 is 0 Å². The number of cyclic esters (lactones) is 1. The van der Waals surface area contributed by atoms with Gasteiger partial charge in [-0.25, -0.2) is 9.59 Å². The minimum Gasteiger partial charge on any atom is -0.496 e. The number of allylic oxidation sites excluding steroid dienone is 1. The number of aryl methyl sites for hydroxylation is 1. The fourth-order valence-corrected chi connectivity index (χ4v) is 5.89. The van der Waals surface area contributed by atoms with Gasteiger partial charge >= 0.3 is 24.4 Å². The number of halogens is 6. The van der Waals surface area contributed by atoms with E-state index >= 15 is 0 Å². The van der Waals surface area contributed by atoms with Crippen LogP contribution in [0.4, 0.5) is 31.1 Å². The van der Waals surface area contributed by atoms with Gasteiger partial charge in [0.05, 0.1) is 54.9 Å². The fourth-order valence-electron chi connectivity index (χ4n) is 5.89. The zero-order valence-corrected chi connectivity index (χ0v) is 27.6. The lowest BCUT2D eigenvalue weighted by Gasteiger charge is -2.24. The Kier molecular flexibility index (Phi) is 9.73. The molecule has 0 aliphatic carbocycles. The Hall–Kier alpha value is -5.33. The van der Waals surface area contributed by atoms with Crippen molar-refractivity contribution in [3.05, 3.63) is 113 Å².